The van der Waals surface area contributed by atoms with E-state index in [-0.39, 0.29) is 11.4 Å². The molecule has 0 saturated carbocycles. The number of halogens is 1. The molecule has 0 aliphatic heterocycles. The van der Waals surface area contributed by atoms with Crippen molar-refractivity contribution in [3.05, 3.63) is 106 Å². The third-order valence-electron chi connectivity index (χ3n) is 4.36. The van der Waals surface area contributed by atoms with Crippen molar-refractivity contribution in [3.63, 3.8) is 0 Å². The molecular weight excluding hydrogens is 339 g/mol. The molecule has 4 aromatic rings. The lowest BCUT2D eigenvalue weighted by molar-refractivity contribution is 0.628. The van der Waals surface area contributed by atoms with Gasteiger partial charge in [0.2, 0.25) is 0 Å². The summed E-state index contributed by atoms with van der Waals surface area (Å²) in [4.78, 5) is 17.8. The number of benzene rings is 3. The van der Waals surface area contributed by atoms with Crippen LogP contribution in [0.25, 0.3) is 28.7 Å². The van der Waals surface area contributed by atoms with E-state index in [1.54, 1.807) is 28.8 Å². The Labute approximate surface area is 156 Å². The van der Waals surface area contributed by atoms with E-state index in [0.29, 0.717) is 16.7 Å². The van der Waals surface area contributed by atoms with Crippen molar-refractivity contribution in [2.45, 2.75) is 6.92 Å². The molecule has 27 heavy (non-hydrogen) atoms. The molecule has 0 fully saturated rings. The molecule has 4 heteroatoms. The number of aryl methyl sites for hydroxylation is 1. The van der Waals surface area contributed by atoms with Crippen molar-refractivity contribution in [2.24, 2.45) is 0 Å². The zero-order valence-electron chi connectivity index (χ0n) is 14.8. The quantitative estimate of drug-likeness (QED) is 0.517. The molecule has 1 heterocycles. The molecule has 0 aliphatic rings. The van der Waals surface area contributed by atoms with Gasteiger partial charge >= 0.3 is 0 Å². The Balaban J connectivity index is 1.93. The first-order chi connectivity index (χ1) is 13.1. The van der Waals surface area contributed by atoms with Gasteiger partial charge in [-0.2, -0.15) is 0 Å². The Morgan fingerprint density at radius 3 is 2.48 bits per heavy atom. The minimum absolute atomic E-state index is 0.120. The van der Waals surface area contributed by atoms with E-state index in [2.05, 4.69) is 4.98 Å². The molecule has 0 spiro atoms. The zero-order chi connectivity index (χ0) is 18.8. The maximum Gasteiger partial charge on any atom is 0.266 e. The van der Waals surface area contributed by atoms with Crippen molar-refractivity contribution < 1.29 is 4.39 Å². The van der Waals surface area contributed by atoms with E-state index < -0.39 is 0 Å². The number of hydrogen-bond acceptors (Lipinski definition) is 2. The first-order valence-electron chi connectivity index (χ1n) is 8.64. The highest BCUT2D eigenvalue weighted by Gasteiger charge is 2.11. The van der Waals surface area contributed by atoms with E-state index in [0.717, 1.165) is 16.8 Å². The number of fused-ring (bicyclic) bond motifs is 1. The van der Waals surface area contributed by atoms with Crippen molar-refractivity contribution in [1.82, 2.24) is 9.55 Å². The summed E-state index contributed by atoms with van der Waals surface area (Å²) in [6.07, 6.45) is 3.60. The Morgan fingerprint density at radius 2 is 1.70 bits per heavy atom. The van der Waals surface area contributed by atoms with Crippen LogP contribution in [0.2, 0.25) is 0 Å². The largest absolute Gasteiger partial charge is 0.268 e. The van der Waals surface area contributed by atoms with Crippen LogP contribution in [0.5, 0.6) is 0 Å². The lowest BCUT2D eigenvalue weighted by Crippen LogP contribution is -2.22. The first kappa shape index (κ1) is 16.9. The fourth-order valence-electron chi connectivity index (χ4n) is 3.02. The number of para-hydroxylation sites is 1. The molecule has 0 aliphatic carbocycles. The van der Waals surface area contributed by atoms with Gasteiger partial charge in [-0.25, -0.2) is 9.37 Å². The Kier molecular flexibility index (Phi) is 4.38. The Hall–Kier alpha value is -3.53. The van der Waals surface area contributed by atoms with Gasteiger partial charge in [0, 0.05) is 0 Å². The van der Waals surface area contributed by atoms with E-state index in [4.69, 9.17) is 0 Å². The summed E-state index contributed by atoms with van der Waals surface area (Å²) >= 11 is 0. The SMILES string of the molecule is Cc1cccc(-n2c(/C=C\c3ccc(F)cc3)nc3ccccc3c2=O)c1. The molecule has 3 aromatic carbocycles. The van der Waals surface area contributed by atoms with Crippen LogP contribution in [0.1, 0.15) is 17.0 Å². The second kappa shape index (κ2) is 7.00. The highest BCUT2D eigenvalue weighted by molar-refractivity contribution is 5.80. The summed E-state index contributed by atoms with van der Waals surface area (Å²) in [6, 6.07) is 21.2. The van der Waals surface area contributed by atoms with Gasteiger partial charge in [-0.1, -0.05) is 42.5 Å². The van der Waals surface area contributed by atoms with Crippen molar-refractivity contribution in [2.75, 3.05) is 0 Å². The minimum atomic E-state index is -0.285. The number of aromatic nitrogens is 2. The lowest BCUT2D eigenvalue weighted by atomic mass is 10.2. The van der Waals surface area contributed by atoms with Crippen molar-refractivity contribution >= 4 is 23.1 Å². The van der Waals surface area contributed by atoms with Gasteiger partial charge in [-0.15, -0.1) is 0 Å². The highest BCUT2D eigenvalue weighted by atomic mass is 19.1. The summed E-state index contributed by atoms with van der Waals surface area (Å²) in [7, 11) is 0. The van der Waals surface area contributed by atoms with Crippen LogP contribution in [0.3, 0.4) is 0 Å². The summed E-state index contributed by atoms with van der Waals surface area (Å²) in [6.45, 7) is 1.98. The third-order valence-corrected chi connectivity index (χ3v) is 4.36. The van der Waals surface area contributed by atoms with Crippen LogP contribution in [0, 0.1) is 12.7 Å². The van der Waals surface area contributed by atoms with Gasteiger partial charge in [0.1, 0.15) is 11.6 Å². The molecule has 0 radical (unpaired) electrons. The molecule has 3 nitrogen and oxygen atoms in total. The topological polar surface area (TPSA) is 34.9 Å². The average Bonchev–Trinajstić information content (AvgIpc) is 2.68. The lowest BCUT2D eigenvalue weighted by Gasteiger charge is -2.12. The fraction of sp³-hybridized carbons (Fsp3) is 0.0435. The van der Waals surface area contributed by atoms with E-state index in [1.807, 2.05) is 55.5 Å². The highest BCUT2D eigenvalue weighted by Crippen LogP contribution is 2.16. The second-order valence-corrected chi connectivity index (χ2v) is 6.35. The van der Waals surface area contributed by atoms with Gasteiger partial charge < -0.3 is 0 Å². The van der Waals surface area contributed by atoms with Gasteiger partial charge in [-0.05, 0) is 60.5 Å². The predicted octanol–water partition coefficient (Wildman–Crippen LogP) is 5.00. The molecule has 0 unspecified atom stereocenters. The summed E-state index contributed by atoms with van der Waals surface area (Å²) in [5, 5.41) is 0.568. The summed E-state index contributed by atoms with van der Waals surface area (Å²) in [5.74, 6) is 0.237. The molecule has 4 rings (SSSR count). The molecule has 1 aromatic heterocycles. The summed E-state index contributed by atoms with van der Waals surface area (Å²) < 4.78 is 14.7. The Bertz CT molecular complexity index is 1210. The van der Waals surface area contributed by atoms with Crippen LogP contribution in [0.15, 0.2) is 77.6 Å². The van der Waals surface area contributed by atoms with Crippen molar-refractivity contribution in [1.29, 1.82) is 0 Å². The number of hydrogen-bond donors (Lipinski definition) is 0. The summed E-state index contributed by atoms with van der Waals surface area (Å²) in [5.41, 5.74) is 3.17. The van der Waals surface area contributed by atoms with Crippen molar-refractivity contribution in [3.8, 4) is 5.69 Å². The van der Waals surface area contributed by atoms with Crippen LogP contribution in [-0.2, 0) is 0 Å². The Morgan fingerprint density at radius 1 is 0.926 bits per heavy atom. The van der Waals surface area contributed by atoms with Gasteiger partial charge in [0.15, 0.2) is 0 Å². The van der Waals surface area contributed by atoms with Gasteiger partial charge in [0.25, 0.3) is 5.56 Å². The van der Waals surface area contributed by atoms with Crippen LogP contribution in [0.4, 0.5) is 4.39 Å². The maximum absolute atomic E-state index is 13.2. The van der Waals surface area contributed by atoms with Gasteiger partial charge in [-0.3, -0.25) is 9.36 Å². The molecular formula is C23H17FN2O. The molecule has 0 N–H and O–H groups in total. The maximum atomic E-state index is 13.2. The monoisotopic (exact) mass is 356 g/mol. The molecule has 0 atom stereocenters. The van der Waals surface area contributed by atoms with E-state index >= 15 is 0 Å². The van der Waals surface area contributed by atoms with Crippen LogP contribution in [-0.4, -0.2) is 9.55 Å². The van der Waals surface area contributed by atoms with E-state index in [9.17, 15) is 9.18 Å². The first-order valence-corrected chi connectivity index (χ1v) is 8.64. The van der Waals surface area contributed by atoms with Crippen LogP contribution >= 0.6 is 0 Å². The zero-order valence-corrected chi connectivity index (χ0v) is 14.8. The number of rotatable bonds is 3. The third kappa shape index (κ3) is 3.42. The normalized spacial score (nSPS) is 11.3. The second-order valence-electron chi connectivity index (χ2n) is 6.35. The minimum Gasteiger partial charge on any atom is -0.268 e. The fourth-order valence-corrected chi connectivity index (χ4v) is 3.02. The molecule has 132 valence electrons. The predicted molar refractivity (Wildman–Crippen MR) is 107 cm³/mol. The molecule has 0 amide bonds. The van der Waals surface area contributed by atoms with E-state index in [1.165, 1.54) is 12.1 Å². The molecule has 0 bridgehead atoms. The van der Waals surface area contributed by atoms with Crippen LogP contribution < -0.4 is 5.56 Å². The smallest absolute Gasteiger partial charge is 0.266 e. The average molecular weight is 356 g/mol. The molecule has 0 saturated heterocycles. The van der Waals surface area contributed by atoms with Gasteiger partial charge in [0.05, 0.1) is 16.6 Å². The standard InChI is InChI=1S/C23H17FN2O/c1-16-5-4-6-19(15-16)26-22(14-11-17-9-12-18(24)13-10-17)25-21-8-3-2-7-20(21)23(26)27/h2-15H,1H3/b14-11-. The number of nitrogens with zero attached hydrogens (tertiary/aromatic N) is 2.